The van der Waals surface area contributed by atoms with Gasteiger partial charge in [0, 0.05) is 37.4 Å². The number of nitrogens with zero attached hydrogens (tertiary/aromatic N) is 4. The predicted octanol–water partition coefficient (Wildman–Crippen LogP) is 10.8. The van der Waals surface area contributed by atoms with E-state index in [9.17, 15) is 9.59 Å². The minimum atomic E-state index is -3.23. The van der Waals surface area contributed by atoms with Crippen LogP contribution in [0.4, 0.5) is 8.78 Å². The first-order chi connectivity index (χ1) is 30.3. The van der Waals surface area contributed by atoms with Crippen molar-refractivity contribution in [1.29, 1.82) is 0 Å². The minimum Gasteiger partial charge on any atom is -0.345 e. The van der Waals surface area contributed by atoms with E-state index in [0.29, 0.717) is 39.7 Å². The molecule has 6 aromatic rings. The van der Waals surface area contributed by atoms with Crippen molar-refractivity contribution in [2.24, 2.45) is 17.8 Å². The lowest BCUT2D eigenvalue weighted by Gasteiger charge is -2.36. The smallest absolute Gasteiger partial charge is 0.299 e. The summed E-state index contributed by atoms with van der Waals surface area (Å²) in [6.45, 7) is 16.3. The first-order valence-corrected chi connectivity index (χ1v) is 26.0. The van der Waals surface area contributed by atoms with Gasteiger partial charge in [-0.25, -0.2) is 9.97 Å². The molecule has 9 nitrogen and oxygen atoms in total. The number of carbonyl (C=O) groups excluding carboxylic acids is 2. The Kier molecular flexibility index (Phi) is 11.5. The van der Waals surface area contributed by atoms with Gasteiger partial charge >= 0.3 is 0 Å². The summed E-state index contributed by atoms with van der Waals surface area (Å²) < 4.78 is 33.3. The highest BCUT2D eigenvalue weighted by Gasteiger charge is 2.51. The third-order valence-electron chi connectivity index (χ3n) is 14.1. The van der Waals surface area contributed by atoms with Crippen LogP contribution >= 0.6 is 0 Å². The fourth-order valence-electron chi connectivity index (χ4n) is 10.5. The van der Waals surface area contributed by atoms with Gasteiger partial charge in [-0.2, -0.15) is 8.78 Å². The molecule has 3 N–H and O–H groups in total. The second kappa shape index (κ2) is 16.9. The maximum atomic E-state index is 16.7. The molecule has 0 radical (unpaired) electrons. The number of imidazole rings is 2. The van der Waals surface area contributed by atoms with E-state index in [0.717, 1.165) is 66.4 Å². The molecule has 6 atom stereocenters. The second-order valence-corrected chi connectivity index (χ2v) is 22.1. The minimum absolute atomic E-state index is 0.0240. The summed E-state index contributed by atoms with van der Waals surface area (Å²) in [5.41, 5.74) is 6.24. The summed E-state index contributed by atoms with van der Waals surface area (Å²) in [4.78, 5) is 48.8. The number of alkyl halides is 2. The van der Waals surface area contributed by atoms with Gasteiger partial charge in [0.05, 0.1) is 35.0 Å². The van der Waals surface area contributed by atoms with Crippen molar-refractivity contribution in [2.45, 2.75) is 103 Å². The fraction of sp³-hybridized carbons (Fsp3) is 0.412. The van der Waals surface area contributed by atoms with E-state index in [-0.39, 0.29) is 52.9 Å². The topological polar surface area (TPSA) is 110 Å². The number of benzene rings is 4. The van der Waals surface area contributed by atoms with E-state index < -0.39 is 20.8 Å². The molecule has 3 aliphatic rings. The molecular weight excluding hydrogens is 809 g/mol. The Balaban J connectivity index is 0.962. The molecule has 4 aromatic carbocycles. The van der Waals surface area contributed by atoms with Crippen molar-refractivity contribution < 1.29 is 18.4 Å². The Morgan fingerprint density at radius 2 is 1.56 bits per heavy atom. The molecular formula is C51H59F2N7O2Si. The molecule has 1 aliphatic heterocycles. The fourth-order valence-corrected chi connectivity index (χ4v) is 11.8. The highest BCUT2D eigenvalue weighted by atomic mass is 28.3. The summed E-state index contributed by atoms with van der Waals surface area (Å²) in [5.74, 6) is -1.12. The summed E-state index contributed by atoms with van der Waals surface area (Å²) in [6, 6.07) is 26.4. The van der Waals surface area contributed by atoms with Crippen LogP contribution in [0.1, 0.15) is 100 Å². The molecule has 0 unspecified atom stereocenters. The Morgan fingerprint density at radius 3 is 2.24 bits per heavy atom. The zero-order valence-corrected chi connectivity index (χ0v) is 38.5. The lowest BCUT2D eigenvalue weighted by atomic mass is 9.93. The number of hydrogen-bond donors (Lipinski definition) is 3. The first-order valence-electron chi connectivity index (χ1n) is 22.9. The van der Waals surface area contributed by atoms with Gasteiger partial charge in [-0.1, -0.05) is 108 Å². The molecule has 3 heterocycles. The number of carbonyl (C=O) groups is 2. The first kappa shape index (κ1) is 42.8. The number of aromatic nitrogens is 4. The number of likely N-dealkylation sites (N-methyl/N-ethyl adjacent to an activating group) is 1. The normalized spacial score (nSPS) is 20.1. The second-order valence-electron chi connectivity index (χ2n) is 18.8. The third-order valence-corrected chi connectivity index (χ3v) is 15.6. The lowest BCUT2D eigenvalue weighted by molar-refractivity contribution is -0.141. The average Bonchev–Trinajstić information content (AvgIpc) is 4.13. The third kappa shape index (κ3) is 7.73. The molecule has 63 heavy (non-hydrogen) atoms. The molecule has 1 saturated heterocycles. The van der Waals surface area contributed by atoms with Crippen molar-refractivity contribution in [1.82, 2.24) is 35.1 Å². The largest absolute Gasteiger partial charge is 0.345 e. The number of fused-ring (bicyclic) bond motifs is 6. The van der Waals surface area contributed by atoms with Crippen LogP contribution in [0.3, 0.4) is 0 Å². The SMILES string of the molecule is CCN(CC)[C@H](C(=O)N[C@@H](C[SiH](C)C)c1ncc(-c2ccc3c(c2)C(F)(F)c2cc(-c4ccc5nc([C@@H]6[C@H]7CC[C@H](C7)N6C(=O)[C@@H](C)C(C)C)[nH]c5c4)ccc2-3)[nH]1)c1ccccc1. The summed E-state index contributed by atoms with van der Waals surface area (Å²) >= 11 is 0. The number of aromatic amines is 2. The zero-order chi connectivity index (χ0) is 44.3. The molecule has 2 aliphatic carbocycles. The van der Waals surface area contributed by atoms with Gasteiger partial charge in [-0.3, -0.25) is 14.5 Å². The Labute approximate surface area is 370 Å². The molecule has 2 aromatic heterocycles. The van der Waals surface area contributed by atoms with Crippen LogP contribution in [0, 0.1) is 17.8 Å². The van der Waals surface area contributed by atoms with Crippen LogP contribution in [-0.2, 0) is 15.5 Å². The summed E-state index contributed by atoms with van der Waals surface area (Å²) in [5, 5.41) is 3.33. The number of nitrogens with one attached hydrogen (secondary N) is 3. The van der Waals surface area contributed by atoms with Gasteiger partial charge in [0.1, 0.15) is 17.7 Å². The molecule has 12 heteroatoms. The molecule has 2 fully saturated rings. The molecule has 2 bridgehead atoms. The van der Waals surface area contributed by atoms with Gasteiger partial charge < -0.3 is 20.2 Å². The predicted molar refractivity (Wildman–Crippen MR) is 249 cm³/mol. The van der Waals surface area contributed by atoms with E-state index in [4.69, 9.17) is 9.97 Å². The van der Waals surface area contributed by atoms with Crippen molar-refractivity contribution in [2.75, 3.05) is 13.1 Å². The number of hydrogen-bond acceptors (Lipinski definition) is 5. The Bertz CT molecular complexity index is 2650. The monoisotopic (exact) mass is 867 g/mol. The van der Waals surface area contributed by atoms with Crippen LogP contribution in [0.15, 0.2) is 91.1 Å². The quantitative estimate of drug-likeness (QED) is 0.0945. The van der Waals surface area contributed by atoms with Crippen molar-refractivity contribution >= 4 is 31.6 Å². The molecule has 1 saturated carbocycles. The highest BCUT2D eigenvalue weighted by molar-refractivity contribution is 6.55. The number of halogens is 2. The Morgan fingerprint density at radius 1 is 0.889 bits per heavy atom. The van der Waals surface area contributed by atoms with Gasteiger partial charge in [-0.15, -0.1) is 0 Å². The summed E-state index contributed by atoms with van der Waals surface area (Å²) in [7, 11) is -1.19. The van der Waals surface area contributed by atoms with Crippen LogP contribution < -0.4 is 5.32 Å². The molecule has 0 spiro atoms. The van der Waals surface area contributed by atoms with Crippen molar-refractivity contribution in [3.63, 3.8) is 0 Å². The van der Waals surface area contributed by atoms with E-state index in [2.05, 4.69) is 65.9 Å². The Hall–Kier alpha value is -5.46. The van der Waals surface area contributed by atoms with Gasteiger partial charge in [-0.05, 0) is 102 Å². The lowest BCUT2D eigenvalue weighted by Crippen LogP contribution is -2.44. The van der Waals surface area contributed by atoms with Crippen LogP contribution in [0.25, 0.3) is 44.5 Å². The standard InChI is InChI=1S/C51H59F2N7O2Si/c1-8-59(9-2)46(31-13-11-10-12-14-31)49(61)58-44(28-63(6)7)47-54-27-43(57-47)34-17-21-38-37-20-16-32(24-39(37)51(52,53)40(38)25-34)33-18-22-41-42(26-33)56-48(55-41)45-35-15-19-36(23-35)60(45)50(62)30(5)29(3)4/h10-14,16-18,20-22,24-27,29-30,35-36,44-46,63H,8-9,15,19,23,28H2,1-7H3,(H,54,57)(H,55,56)(H,58,61)/t30-,35-,36+,44-,45-,46-/m0/s1. The van der Waals surface area contributed by atoms with Crippen LogP contribution in [-0.4, -0.2) is 69.5 Å². The van der Waals surface area contributed by atoms with E-state index in [1.807, 2.05) is 67.6 Å². The number of amides is 2. The van der Waals surface area contributed by atoms with Gasteiger partial charge in [0.25, 0.3) is 5.92 Å². The van der Waals surface area contributed by atoms with E-state index in [1.165, 1.54) is 0 Å². The maximum absolute atomic E-state index is 16.7. The van der Waals surface area contributed by atoms with E-state index >= 15 is 8.78 Å². The molecule has 328 valence electrons. The molecule has 9 rings (SSSR count). The number of rotatable bonds is 14. The van der Waals surface area contributed by atoms with Crippen LogP contribution in [0.5, 0.6) is 0 Å². The van der Waals surface area contributed by atoms with Crippen molar-refractivity contribution in [3.05, 3.63) is 119 Å². The van der Waals surface area contributed by atoms with Crippen molar-refractivity contribution in [3.8, 4) is 33.5 Å². The number of likely N-dealkylation sites (tertiary alicyclic amines) is 1. The van der Waals surface area contributed by atoms with Gasteiger partial charge in [0.2, 0.25) is 11.8 Å². The maximum Gasteiger partial charge on any atom is 0.299 e. The average molecular weight is 868 g/mol. The van der Waals surface area contributed by atoms with Crippen LogP contribution in [0.2, 0.25) is 19.1 Å². The zero-order valence-electron chi connectivity index (χ0n) is 37.4. The van der Waals surface area contributed by atoms with E-state index in [1.54, 1.807) is 30.5 Å². The molecule has 2 amide bonds. The van der Waals surface area contributed by atoms with Gasteiger partial charge in [0.15, 0.2) is 0 Å². The number of H-pyrrole nitrogens is 2. The number of piperidine rings is 1. The summed E-state index contributed by atoms with van der Waals surface area (Å²) in [6.07, 6.45) is 4.81. The highest BCUT2D eigenvalue weighted by Crippen LogP contribution is 2.53.